The van der Waals surface area contributed by atoms with Crippen molar-refractivity contribution in [2.24, 2.45) is 0 Å². The van der Waals surface area contributed by atoms with Crippen molar-refractivity contribution in [2.45, 2.75) is 11.8 Å². The Hall–Kier alpha value is -1.97. The van der Waals surface area contributed by atoms with Crippen LogP contribution in [0, 0.1) is 0 Å². The third-order valence-corrected chi connectivity index (χ3v) is 4.70. The first-order valence-electron chi connectivity index (χ1n) is 6.87. The van der Waals surface area contributed by atoms with E-state index in [0.717, 1.165) is 4.31 Å². The lowest BCUT2D eigenvalue weighted by Crippen LogP contribution is -2.39. The van der Waals surface area contributed by atoms with Gasteiger partial charge in [0.2, 0.25) is 21.8 Å². The van der Waals surface area contributed by atoms with E-state index in [2.05, 4.69) is 10.6 Å². The molecule has 0 aliphatic rings. The summed E-state index contributed by atoms with van der Waals surface area (Å²) >= 11 is 0. The molecule has 2 amide bonds. The predicted molar refractivity (Wildman–Crippen MR) is 85.4 cm³/mol. The molecule has 8 nitrogen and oxygen atoms in total. The van der Waals surface area contributed by atoms with Crippen LogP contribution in [0.15, 0.2) is 29.2 Å². The molecule has 1 rings (SSSR count). The van der Waals surface area contributed by atoms with Gasteiger partial charge in [0.15, 0.2) is 0 Å². The van der Waals surface area contributed by atoms with Crippen LogP contribution in [0.3, 0.4) is 0 Å². The number of methoxy groups -OCH3 is 1. The SMILES string of the molecule is COCCNC(=O)CN(C)S(=O)(=O)c1ccc(NC(C)=O)cc1. The monoisotopic (exact) mass is 343 g/mol. The number of amides is 2. The van der Waals surface area contributed by atoms with Gasteiger partial charge < -0.3 is 15.4 Å². The number of benzene rings is 1. The largest absolute Gasteiger partial charge is 0.383 e. The summed E-state index contributed by atoms with van der Waals surface area (Å²) < 4.78 is 30.5. The lowest BCUT2D eigenvalue weighted by molar-refractivity contribution is -0.121. The van der Waals surface area contributed by atoms with Crippen LogP contribution in [0.2, 0.25) is 0 Å². The van der Waals surface area contributed by atoms with Crippen LogP contribution in [0.4, 0.5) is 5.69 Å². The second kappa shape index (κ2) is 8.61. The van der Waals surface area contributed by atoms with Gasteiger partial charge in [0.1, 0.15) is 0 Å². The van der Waals surface area contributed by atoms with Crippen molar-refractivity contribution in [3.63, 3.8) is 0 Å². The van der Waals surface area contributed by atoms with Gasteiger partial charge in [-0.2, -0.15) is 4.31 Å². The van der Waals surface area contributed by atoms with Crippen molar-refractivity contribution < 1.29 is 22.7 Å². The number of rotatable bonds is 8. The third kappa shape index (κ3) is 5.97. The number of likely N-dealkylation sites (N-methyl/N-ethyl adjacent to an activating group) is 1. The number of ether oxygens (including phenoxy) is 1. The van der Waals surface area contributed by atoms with Crippen molar-refractivity contribution in [3.8, 4) is 0 Å². The van der Waals surface area contributed by atoms with E-state index in [1.807, 2.05) is 0 Å². The first-order valence-corrected chi connectivity index (χ1v) is 8.31. The summed E-state index contributed by atoms with van der Waals surface area (Å²) in [6.45, 7) is 1.74. The molecule has 128 valence electrons. The molecule has 0 unspecified atom stereocenters. The smallest absolute Gasteiger partial charge is 0.243 e. The number of hydrogen-bond acceptors (Lipinski definition) is 5. The Bertz CT molecular complexity index is 643. The van der Waals surface area contributed by atoms with E-state index in [-0.39, 0.29) is 17.3 Å². The van der Waals surface area contributed by atoms with Gasteiger partial charge >= 0.3 is 0 Å². The molecule has 0 aliphatic heterocycles. The maximum absolute atomic E-state index is 12.4. The van der Waals surface area contributed by atoms with Crippen molar-refractivity contribution in [1.29, 1.82) is 0 Å². The molecule has 0 saturated heterocycles. The molecule has 0 radical (unpaired) electrons. The molecule has 0 fully saturated rings. The second-order valence-corrected chi connectivity index (χ2v) is 6.85. The highest BCUT2D eigenvalue weighted by Crippen LogP contribution is 2.17. The van der Waals surface area contributed by atoms with Gasteiger partial charge in [-0.15, -0.1) is 0 Å². The minimum atomic E-state index is -3.78. The van der Waals surface area contributed by atoms with Crippen LogP contribution in [0.5, 0.6) is 0 Å². The second-order valence-electron chi connectivity index (χ2n) is 4.81. The number of sulfonamides is 1. The molecule has 0 bridgehead atoms. The fourth-order valence-corrected chi connectivity index (χ4v) is 2.86. The highest BCUT2D eigenvalue weighted by Gasteiger charge is 2.22. The van der Waals surface area contributed by atoms with Crippen molar-refractivity contribution in [2.75, 3.05) is 39.2 Å². The van der Waals surface area contributed by atoms with E-state index >= 15 is 0 Å². The molecule has 1 aromatic rings. The highest BCUT2D eigenvalue weighted by atomic mass is 32.2. The Morgan fingerprint density at radius 1 is 1.22 bits per heavy atom. The van der Waals surface area contributed by atoms with Crippen LogP contribution in [-0.2, 0) is 24.3 Å². The van der Waals surface area contributed by atoms with Gasteiger partial charge in [-0.25, -0.2) is 8.42 Å². The Balaban J connectivity index is 2.73. The molecule has 23 heavy (non-hydrogen) atoms. The van der Waals surface area contributed by atoms with Crippen LogP contribution >= 0.6 is 0 Å². The predicted octanol–water partition coefficient (Wildman–Crippen LogP) is 0.0281. The molecule has 0 aliphatic carbocycles. The Labute approximate surface area is 135 Å². The summed E-state index contributed by atoms with van der Waals surface area (Å²) in [7, 11) is -0.948. The van der Waals surface area contributed by atoms with Gasteiger partial charge in [-0.3, -0.25) is 9.59 Å². The van der Waals surface area contributed by atoms with Gasteiger partial charge in [-0.05, 0) is 24.3 Å². The minimum absolute atomic E-state index is 0.0405. The zero-order valence-electron chi connectivity index (χ0n) is 13.3. The number of carbonyl (C=O) groups is 2. The molecule has 9 heteroatoms. The van der Waals surface area contributed by atoms with Gasteiger partial charge in [0.05, 0.1) is 18.0 Å². The van der Waals surface area contributed by atoms with Gasteiger partial charge in [0, 0.05) is 33.3 Å². The third-order valence-electron chi connectivity index (χ3n) is 2.88. The summed E-state index contributed by atoms with van der Waals surface area (Å²) in [5.41, 5.74) is 0.497. The maximum atomic E-state index is 12.4. The number of anilines is 1. The van der Waals surface area contributed by atoms with E-state index in [9.17, 15) is 18.0 Å². The summed E-state index contributed by atoms with van der Waals surface area (Å²) in [5, 5.41) is 5.10. The Morgan fingerprint density at radius 2 is 1.83 bits per heavy atom. The van der Waals surface area contributed by atoms with E-state index in [4.69, 9.17) is 4.74 Å². The molecule has 0 heterocycles. The standard InChI is InChI=1S/C14H21N3O5S/c1-11(18)16-12-4-6-13(7-5-12)23(20,21)17(2)10-14(19)15-8-9-22-3/h4-7H,8-10H2,1-3H3,(H,15,19)(H,16,18). The molecule has 0 aromatic heterocycles. The van der Waals surface area contributed by atoms with Crippen LogP contribution in [0.1, 0.15) is 6.92 Å². The number of nitrogens with one attached hydrogen (secondary N) is 2. The van der Waals surface area contributed by atoms with Gasteiger partial charge in [0.25, 0.3) is 0 Å². The van der Waals surface area contributed by atoms with E-state index in [1.54, 1.807) is 0 Å². The van der Waals surface area contributed by atoms with E-state index < -0.39 is 15.9 Å². The average molecular weight is 343 g/mol. The minimum Gasteiger partial charge on any atom is -0.383 e. The number of carbonyl (C=O) groups excluding carboxylic acids is 2. The molecule has 1 aromatic carbocycles. The lowest BCUT2D eigenvalue weighted by Gasteiger charge is -2.17. The quantitative estimate of drug-likeness (QED) is 0.648. The fraction of sp³-hybridized carbons (Fsp3) is 0.429. The van der Waals surface area contributed by atoms with Crippen molar-refractivity contribution in [1.82, 2.24) is 9.62 Å². The Kier molecular flexibility index (Phi) is 7.14. The summed E-state index contributed by atoms with van der Waals surface area (Å²) in [6.07, 6.45) is 0. The average Bonchev–Trinajstić information content (AvgIpc) is 2.47. The molecule has 0 atom stereocenters. The first-order chi connectivity index (χ1) is 10.8. The zero-order chi connectivity index (χ0) is 17.5. The van der Waals surface area contributed by atoms with Crippen LogP contribution < -0.4 is 10.6 Å². The highest BCUT2D eigenvalue weighted by molar-refractivity contribution is 7.89. The molecule has 0 saturated carbocycles. The van der Waals surface area contributed by atoms with Crippen molar-refractivity contribution in [3.05, 3.63) is 24.3 Å². The fourth-order valence-electron chi connectivity index (χ4n) is 1.73. The Morgan fingerprint density at radius 3 is 2.35 bits per heavy atom. The maximum Gasteiger partial charge on any atom is 0.243 e. The summed E-state index contributed by atoms with van der Waals surface area (Å²) in [6, 6.07) is 5.72. The first kappa shape index (κ1) is 19.1. The molecule has 2 N–H and O–H groups in total. The lowest BCUT2D eigenvalue weighted by atomic mass is 10.3. The van der Waals surface area contributed by atoms with Crippen LogP contribution in [-0.4, -0.2) is 58.4 Å². The molecule has 0 spiro atoms. The van der Waals surface area contributed by atoms with E-state index in [1.165, 1.54) is 45.3 Å². The summed E-state index contributed by atoms with van der Waals surface area (Å²) in [5.74, 6) is -0.659. The number of nitrogens with zero attached hydrogens (tertiary/aromatic N) is 1. The van der Waals surface area contributed by atoms with Gasteiger partial charge in [-0.1, -0.05) is 0 Å². The zero-order valence-corrected chi connectivity index (χ0v) is 14.1. The van der Waals surface area contributed by atoms with Crippen molar-refractivity contribution >= 4 is 27.5 Å². The normalized spacial score (nSPS) is 11.3. The summed E-state index contributed by atoms with van der Waals surface area (Å²) in [4.78, 5) is 22.6. The molecular formula is C14H21N3O5S. The van der Waals surface area contributed by atoms with Crippen LogP contribution in [0.25, 0.3) is 0 Å². The number of hydrogen-bond donors (Lipinski definition) is 2. The van der Waals surface area contributed by atoms with E-state index in [0.29, 0.717) is 18.8 Å². The topological polar surface area (TPSA) is 105 Å². The molecular weight excluding hydrogens is 322 g/mol.